The minimum absolute atomic E-state index is 0.392. The summed E-state index contributed by atoms with van der Waals surface area (Å²) in [5.74, 6) is -2.01. The maximum atomic E-state index is 13.8. The van der Waals surface area contributed by atoms with Crippen molar-refractivity contribution in [2.24, 2.45) is 0 Å². The maximum absolute atomic E-state index is 13.8. The van der Waals surface area contributed by atoms with E-state index in [1.807, 2.05) is 0 Å². The number of hydrogen-bond donors (Lipinski definition) is 0. The average molecular weight is 323 g/mol. The van der Waals surface area contributed by atoms with E-state index in [0.717, 1.165) is 7.11 Å². The highest BCUT2D eigenvalue weighted by Crippen LogP contribution is 2.20. The SMILES string of the molecule is COC(=O)OCOC(=O)c1c(F)ncn1[C@H](C)c1ccccn1. The fourth-order valence-corrected chi connectivity index (χ4v) is 1.85. The Bertz CT molecular complexity index is 689. The normalized spacial score (nSPS) is 11.6. The number of esters is 1. The van der Waals surface area contributed by atoms with Gasteiger partial charge in [0.25, 0.3) is 0 Å². The summed E-state index contributed by atoms with van der Waals surface area (Å²) in [6, 6.07) is 4.80. The second-order valence-corrected chi connectivity index (χ2v) is 4.37. The summed E-state index contributed by atoms with van der Waals surface area (Å²) in [4.78, 5) is 30.4. The first kappa shape index (κ1) is 16.4. The van der Waals surface area contributed by atoms with E-state index in [4.69, 9.17) is 0 Å². The van der Waals surface area contributed by atoms with Gasteiger partial charge in [-0.25, -0.2) is 14.6 Å². The smallest absolute Gasteiger partial charge is 0.438 e. The highest BCUT2D eigenvalue weighted by molar-refractivity contribution is 5.87. The molecule has 0 aliphatic heterocycles. The Morgan fingerprint density at radius 3 is 2.74 bits per heavy atom. The monoisotopic (exact) mass is 323 g/mol. The number of ether oxygens (including phenoxy) is 3. The molecule has 0 aliphatic carbocycles. The maximum Gasteiger partial charge on any atom is 0.510 e. The van der Waals surface area contributed by atoms with Crippen molar-refractivity contribution in [2.75, 3.05) is 13.9 Å². The topological polar surface area (TPSA) is 92.5 Å². The Labute approximate surface area is 130 Å². The number of rotatable bonds is 5. The van der Waals surface area contributed by atoms with E-state index in [1.54, 1.807) is 31.3 Å². The lowest BCUT2D eigenvalue weighted by molar-refractivity contribution is -0.0230. The molecule has 0 spiro atoms. The number of carbonyl (C=O) groups excluding carboxylic acids is 2. The van der Waals surface area contributed by atoms with E-state index in [0.29, 0.717) is 5.69 Å². The summed E-state index contributed by atoms with van der Waals surface area (Å²) < 4.78 is 28.4. The third kappa shape index (κ3) is 3.82. The molecule has 0 fully saturated rings. The van der Waals surface area contributed by atoms with Gasteiger partial charge >= 0.3 is 12.1 Å². The van der Waals surface area contributed by atoms with Gasteiger partial charge in [-0.2, -0.15) is 4.39 Å². The lowest BCUT2D eigenvalue weighted by atomic mass is 10.2. The molecular weight excluding hydrogens is 309 g/mol. The van der Waals surface area contributed by atoms with Gasteiger partial charge in [0.05, 0.1) is 25.2 Å². The number of imidazole rings is 1. The third-order valence-electron chi connectivity index (χ3n) is 3.01. The minimum Gasteiger partial charge on any atom is -0.438 e. The van der Waals surface area contributed by atoms with E-state index in [9.17, 15) is 14.0 Å². The molecule has 23 heavy (non-hydrogen) atoms. The van der Waals surface area contributed by atoms with Crippen molar-refractivity contribution in [3.63, 3.8) is 0 Å². The molecule has 0 aliphatic rings. The van der Waals surface area contributed by atoms with E-state index >= 15 is 0 Å². The fraction of sp³-hybridized carbons (Fsp3) is 0.286. The van der Waals surface area contributed by atoms with Crippen molar-refractivity contribution in [1.29, 1.82) is 0 Å². The first-order valence-corrected chi connectivity index (χ1v) is 6.55. The molecule has 0 saturated carbocycles. The van der Waals surface area contributed by atoms with Gasteiger partial charge in [-0.05, 0) is 19.1 Å². The zero-order valence-corrected chi connectivity index (χ0v) is 12.4. The molecule has 0 amide bonds. The second-order valence-electron chi connectivity index (χ2n) is 4.37. The highest BCUT2D eigenvalue weighted by atomic mass is 19.1. The third-order valence-corrected chi connectivity index (χ3v) is 3.01. The summed E-state index contributed by atoms with van der Waals surface area (Å²) in [6.45, 7) is 1.03. The first-order chi connectivity index (χ1) is 11.0. The number of pyridine rings is 1. The van der Waals surface area contributed by atoms with Gasteiger partial charge in [-0.3, -0.25) is 4.98 Å². The molecule has 2 aromatic rings. The average Bonchev–Trinajstić information content (AvgIpc) is 2.96. The molecule has 9 heteroatoms. The van der Waals surface area contributed by atoms with Gasteiger partial charge in [0.1, 0.15) is 0 Å². The van der Waals surface area contributed by atoms with E-state index < -0.39 is 36.6 Å². The first-order valence-electron chi connectivity index (χ1n) is 6.55. The van der Waals surface area contributed by atoms with Crippen molar-refractivity contribution >= 4 is 12.1 Å². The number of aromatic nitrogens is 3. The van der Waals surface area contributed by atoms with Gasteiger partial charge < -0.3 is 18.8 Å². The molecule has 0 radical (unpaired) electrons. The molecule has 2 aromatic heterocycles. The van der Waals surface area contributed by atoms with Gasteiger partial charge in [0.15, 0.2) is 5.69 Å². The van der Waals surface area contributed by atoms with Crippen LogP contribution >= 0.6 is 0 Å². The molecule has 0 unspecified atom stereocenters. The van der Waals surface area contributed by atoms with Crippen LogP contribution in [0, 0.1) is 5.95 Å². The molecule has 0 N–H and O–H groups in total. The quantitative estimate of drug-likeness (QED) is 0.613. The van der Waals surface area contributed by atoms with Crippen molar-refractivity contribution in [3.8, 4) is 0 Å². The fourth-order valence-electron chi connectivity index (χ4n) is 1.85. The van der Waals surface area contributed by atoms with Crippen molar-refractivity contribution < 1.29 is 28.2 Å². The lowest BCUT2D eigenvalue weighted by Gasteiger charge is -2.15. The molecule has 122 valence electrons. The Morgan fingerprint density at radius 2 is 2.09 bits per heavy atom. The van der Waals surface area contributed by atoms with Crippen LogP contribution in [0.25, 0.3) is 0 Å². The van der Waals surface area contributed by atoms with Crippen molar-refractivity contribution in [1.82, 2.24) is 14.5 Å². The Kier molecular flexibility index (Phi) is 5.23. The van der Waals surface area contributed by atoms with Crippen LogP contribution in [0.5, 0.6) is 0 Å². The lowest BCUT2D eigenvalue weighted by Crippen LogP contribution is -2.19. The predicted octanol–water partition coefficient (Wildman–Crippen LogP) is 1.92. The largest absolute Gasteiger partial charge is 0.510 e. The van der Waals surface area contributed by atoms with Crippen LogP contribution in [0.15, 0.2) is 30.7 Å². The van der Waals surface area contributed by atoms with Crippen LogP contribution < -0.4 is 0 Å². The van der Waals surface area contributed by atoms with Gasteiger partial charge in [0, 0.05) is 6.20 Å². The number of hydrogen-bond acceptors (Lipinski definition) is 7. The molecule has 1 atom stereocenters. The number of carbonyl (C=O) groups is 2. The molecule has 0 saturated heterocycles. The Hall–Kier alpha value is -2.97. The van der Waals surface area contributed by atoms with Crippen LogP contribution in [0.1, 0.15) is 29.1 Å². The summed E-state index contributed by atoms with van der Waals surface area (Å²) >= 11 is 0. The molecule has 2 rings (SSSR count). The van der Waals surface area contributed by atoms with Crippen molar-refractivity contribution in [3.05, 3.63) is 48.1 Å². The molecule has 0 aromatic carbocycles. The Morgan fingerprint density at radius 1 is 1.30 bits per heavy atom. The minimum atomic E-state index is -1.02. The number of halogens is 1. The Balaban J connectivity index is 2.15. The van der Waals surface area contributed by atoms with E-state index in [1.165, 1.54) is 10.9 Å². The molecule has 8 nitrogen and oxygen atoms in total. The van der Waals surface area contributed by atoms with Crippen LogP contribution in [0.3, 0.4) is 0 Å². The van der Waals surface area contributed by atoms with Crippen LogP contribution in [0.2, 0.25) is 0 Å². The summed E-state index contributed by atoms with van der Waals surface area (Å²) in [5, 5.41) is 0. The van der Waals surface area contributed by atoms with Gasteiger partial charge in [-0.15, -0.1) is 0 Å². The predicted molar refractivity (Wildman–Crippen MR) is 74.0 cm³/mol. The van der Waals surface area contributed by atoms with Crippen LogP contribution in [0.4, 0.5) is 9.18 Å². The standard InChI is InChI=1S/C14H14FN3O5/c1-9(10-5-3-4-6-16-10)18-7-17-12(15)11(18)13(19)22-8-23-14(20)21-2/h3-7,9H,8H2,1-2H3/t9-/m1/s1. The van der Waals surface area contributed by atoms with Crippen LogP contribution in [-0.2, 0) is 14.2 Å². The van der Waals surface area contributed by atoms with Crippen LogP contribution in [-0.4, -0.2) is 40.6 Å². The summed E-state index contributed by atoms with van der Waals surface area (Å²) in [5.41, 5.74) is 0.223. The van der Waals surface area contributed by atoms with Gasteiger partial charge in [0.2, 0.25) is 12.7 Å². The molecule has 2 heterocycles. The van der Waals surface area contributed by atoms with E-state index in [-0.39, 0.29) is 0 Å². The zero-order chi connectivity index (χ0) is 16.8. The number of methoxy groups -OCH3 is 1. The zero-order valence-electron chi connectivity index (χ0n) is 12.4. The van der Waals surface area contributed by atoms with Crippen molar-refractivity contribution in [2.45, 2.75) is 13.0 Å². The summed E-state index contributed by atoms with van der Waals surface area (Å²) in [6.07, 6.45) is 1.74. The molecular formula is C14H14FN3O5. The molecule has 0 bridgehead atoms. The summed E-state index contributed by atoms with van der Waals surface area (Å²) in [7, 11) is 1.10. The van der Waals surface area contributed by atoms with Gasteiger partial charge in [-0.1, -0.05) is 6.07 Å². The second kappa shape index (κ2) is 7.34. The highest BCUT2D eigenvalue weighted by Gasteiger charge is 2.24. The van der Waals surface area contributed by atoms with E-state index in [2.05, 4.69) is 24.2 Å². The number of nitrogens with zero attached hydrogens (tertiary/aromatic N) is 3.